The summed E-state index contributed by atoms with van der Waals surface area (Å²) in [5.74, 6) is -1.30. The summed E-state index contributed by atoms with van der Waals surface area (Å²) in [6, 6.07) is 7.33. The minimum absolute atomic E-state index is 0.168. The van der Waals surface area contributed by atoms with Crippen LogP contribution in [0.5, 0.6) is 0 Å². The number of nitrogens with zero attached hydrogens (tertiary/aromatic N) is 2. The van der Waals surface area contributed by atoms with Gasteiger partial charge >= 0.3 is 0 Å². The first-order chi connectivity index (χ1) is 10.1. The Bertz CT molecular complexity index is 792. The van der Waals surface area contributed by atoms with E-state index in [1.807, 2.05) is 12.1 Å². The maximum atomic E-state index is 13.8. The fourth-order valence-electron chi connectivity index (χ4n) is 2.06. The summed E-state index contributed by atoms with van der Waals surface area (Å²) in [5.41, 5.74) is 7.21. The molecule has 0 atom stereocenters. The molecule has 0 radical (unpaired) electrons. The highest BCUT2D eigenvalue weighted by Crippen LogP contribution is 2.32. The number of thiophene rings is 1. The number of anilines is 1. The van der Waals surface area contributed by atoms with Gasteiger partial charge in [-0.15, -0.1) is 11.3 Å². The zero-order valence-electron chi connectivity index (χ0n) is 11.3. The normalized spacial score (nSPS) is 11.0. The van der Waals surface area contributed by atoms with Gasteiger partial charge in [0.2, 0.25) is 0 Å². The molecule has 0 aliphatic rings. The highest BCUT2D eigenvalue weighted by Gasteiger charge is 2.14. The van der Waals surface area contributed by atoms with Gasteiger partial charge in [0.15, 0.2) is 5.82 Å². The van der Waals surface area contributed by atoms with Crippen LogP contribution in [0.1, 0.15) is 11.8 Å². The highest BCUT2D eigenvalue weighted by atomic mass is 32.1. The standard InChI is InChI=1S/C15H13F2N3S/c1-2-10-4-6-14(21-10)15-12(18)8-20(19-15)13-5-3-9(16)7-11(13)17/h3-8H,2,18H2,1H3. The SMILES string of the molecule is CCc1ccc(-c2nn(-c3ccc(F)cc3F)cc2N)s1. The second kappa shape index (κ2) is 5.29. The fraction of sp³-hybridized carbons (Fsp3) is 0.133. The third-order valence-corrected chi connectivity index (χ3v) is 4.38. The number of aromatic nitrogens is 2. The summed E-state index contributed by atoms with van der Waals surface area (Å²) in [7, 11) is 0. The first-order valence-corrected chi connectivity index (χ1v) is 7.29. The molecule has 1 aromatic carbocycles. The van der Waals surface area contributed by atoms with Crippen LogP contribution in [0.2, 0.25) is 0 Å². The molecule has 2 heterocycles. The topological polar surface area (TPSA) is 43.8 Å². The van der Waals surface area contributed by atoms with Crippen LogP contribution in [-0.2, 0) is 6.42 Å². The molecule has 21 heavy (non-hydrogen) atoms. The van der Waals surface area contributed by atoms with Gasteiger partial charge in [0.1, 0.15) is 17.2 Å². The van der Waals surface area contributed by atoms with Crippen molar-refractivity contribution in [3.63, 3.8) is 0 Å². The molecule has 108 valence electrons. The first kappa shape index (κ1) is 13.8. The zero-order valence-corrected chi connectivity index (χ0v) is 12.1. The molecule has 3 nitrogen and oxygen atoms in total. The maximum absolute atomic E-state index is 13.8. The van der Waals surface area contributed by atoms with Gasteiger partial charge < -0.3 is 5.73 Å². The summed E-state index contributed by atoms with van der Waals surface area (Å²) < 4.78 is 28.1. The van der Waals surface area contributed by atoms with Crippen LogP contribution in [0, 0.1) is 11.6 Å². The molecular weight excluding hydrogens is 292 g/mol. The number of nitrogen functional groups attached to an aromatic ring is 1. The van der Waals surface area contributed by atoms with Gasteiger partial charge in [-0.1, -0.05) is 6.92 Å². The van der Waals surface area contributed by atoms with Crippen molar-refractivity contribution in [3.05, 3.63) is 53.0 Å². The monoisotopic (exact) mass is 305 g/mol. The fourth-order valence-corrected chi connectivity index (χ4v) is 3.02. The molecule has 2 aromatic heterocycles. The van der Waals surface area contributed by atoms with Crippen LogP contribution in [0.25, 0.3) is 16.3 Å². The Labute approximate surface area is 124 Å². The summed E-state index contributed by atoms with van der Waals surface area (Å²) in [6.07, 6.45) is 2.48. The van der Waals surface area contributed by atoms with Crippen LogP contribution in [0.4, 0.5) is 14.5 Å². The number of halogens is 2. The minimum Gasteiger partial charge on any atom is -0.396 e. The molecule has 0 aliphatic heterocycles. The number of rotatable bonds is 3. The molecule has 0 bridgehead atoms. The molecule has 3 aromatic rings. The Morgan fingerprint density at radius 1 is 1.24 bits per heavy atom. The lowest BCUT2D eigenvalue weighted by Crippen LogP contribution is -1.99. The van der Waals surface area contributed by atoms with E-state index in [0.717, 1.165) is 17.4 Å². The van der Waals surface area contributed by atoms with Crippen molar-refractivity contribution < 1.29 is 8.78 Å². The molecule has 0 aliphatic carbocycles. The molecule has 3 rings (SSSR count). The second-order valence-corrected chi connectivity index (χ2v) is 5.76. The summed E-state index contributed by atoms with van der Waals surface area (Å²) in [4.78, 5) is 2.16. The number of hydrogen-bond donors (Lipinski definition) is 1. The van der Waals surface area contributed by atoms with Crippen molar-refractivity contribution in [3.8, 4) is 16.3 Å². The summed E-state index contributed by atoms with van der Waals surface area (Å²) in [6.45, 7) is 2.07. The van der Waals surface area contributed by atoms with Crippen molar-refractivity contribution >= 4 is 17.0 Å². The molecule has 0 saturated heterocycles. The quantitative estimate of drug-likeness (QED) is 0.794. The van der Waals surface area contributed by atoms with Gasteiger partial charge in [-0.2, -0.15) is 5.10 Å². The van der Waals surface area contributed by atoms with Gasteiger partial charge in [0.25, 0.3) is 0 Å². The van der Waals surface area contributed by atoms with Gasteiger partial charge in [0.05, 0.1) is 16.8 Å². The van der Waals surface area contributed by atoms with Crippen molar-refractivity contribution in [1.29, 1.82) is 0 Å². The molecular formula is C15H13F2N3S. The lowest BCUT2D eigenvalue weighted by atomic mass is 10.3. The maximum Gasteiger partial charge on any atom is 0.151 e. The van der Waals surface area contributed by atoms with E-state index in [-0.39, 0.29) is 5.69 Å². The lowest BCUT2D eigenvalue weighted by molar-refractivity contribution is 0.574. The molecule has 0 amide bonds. The van der Waals surface area contributed by atoms with Crippen LogP contribution in [0.15, 0.2) is 36.5 Å². The van der Waals surface area contributed by atoms with Crippen molar-refractivity contribution in [2.45, 2.75) is 13.3 Å². The number of benzene rings is 1. The summed E-state index contributed by atoms with van der Waals surface area (Å²) >= 11 is 1.61. The predicted octanol–water partition coefficient (Wildman–Crippen LogP) is 4.02. The molecule has 0 spiro atoms. The molecule has 0 unspecified atom stereocenters. The van der Waals surface area contributed by atoms with E-state index in [2.05, 4.69) is 12.0 Å². The Hall–Kier alpha value is -2.21. The van der Waals surface area contributed by atoms with Gasteiger partial charge in [-0.25, -0.2) is 13.5 Å². The van der Waals surface area contributed by atoms with E-state index in [1.165, 1.54) is 27.9 Å². The van der Waals surface area contributed by atoms with E-state index in [1.54, 1.807) is 11.3 Å². The van der Waals surface area contributed by atoms with Gasteiger partial charge in [-0.3, -0.25) is 0 Å². The second-order valence-electron chi connectivity index (χ2n) is 4.59. The Balaban J connectivity index is 2.05. The third-order valence-electron chi connectivity index (χ3n) is 3.14. The van der Waals surface area contributed by atoms with E-state index in [4.69, 9.17) is 5.73 Å². The largest absolute Gasteiger partial charge is 0.396 e. The average molecular weight is 305 g/mol. The predicted molar refractivity (Wildman–Crippen MR) is 80.6 cm³/mol. The van der Waals surface area contributed by atoms with Crippen LogP contribution in [0.3, 0.4) is 0 Å². The van der Waals surface area contributed by atoms with Crippen LogP contribution in [-0.4, -0.2) is 9.78 Å². The molecule has 0 saturated carbocycles. The minimum atomic E-state index is -0.676. The van der Waals surface area contributed by atoms with Crippen molar-refractivity contribution in [2.24, 2.45) is 0 Å². The summed E-state index contributed by atoms with van der Waals surface area (Å²) in [5, 5.41) is 4.33. The van der Waals surface area contributed by atoms with E-state index in [9.17, 15) is 8.78 Å². The molecule has 2 N–H and O–H groups in total. The highest BCUT2D eigenvalue weighted by molar-refractivity contribution is 7.15. The Morgan fingerprint density at radius 3 is 2.71 bits per heavy atom. The van der Waals surface area contributed by atoms with E-state index in [0.29, 0.717) is 11.4 Å². The third kappa shape index (κ3) is 2.54. The molecule has 0 fully saturated rings. The Morgan fingerprint density at radius 2 is 2.05 bits per heavy atom. The van der Waals surface area contributed by atoms with Crippen LogP contribution >= 0.6 is 11.3 Å². The number of nitrogens with two attached hydrogens (primary N) is 1. The molecule has 6 heteroatoms. The number of hydrogen-bond acceptors (Lipinski definition) is 3. The lowest BCUT2D eigenvalue weighted by Gasteiger charge is -2.02. The van der Waals surface area contributed by atoms with Crippen LogP contribution < -0.4 is 5.73 Å². The van der Waals surface area contributed by atoms with E-state index >= 15 is 0 Å². The Kier molecular flexibility index (Phi) is 3.47. The zero-order chi connectivity index (χ0) is 15.0. The van der Waals surface area contributed by atoms with Crippen molar-refractivity contribution in [2.75, 3.05) is 5.73 Å². The van der Waals surface area contributed by atoms with Gasteiger partial charge in [-0.05, 0) is 30.7 Å². The first-order valence-electron chi connectivity index (χ1n) is 6.48. The average Bonchev–Trinajstić information content (AvgIpc) is 3.05. The van der Waals surface area contributed by atoms with Gasteiger partial charge in [0, 0.05) is 10.9 Å². The van der Waals surface area contributed by atoms with E-state index < -0.39 is 11.6 Å². The van der Waals surface area contributed by atoms with Crippen molar-refractivity contribution in [1.82, 2.24) is 9.78 Å². The smallest absolute Gasteiger partial charge is 0.151 e. The number of aryl methyl sites for hydroxylation is 1.